The van der Waals surface area contributed by atoms with Crippen molar-refractivity contribution in [2.75, 3.05) is 6.54 Å². The third kappa shape index (κ3) is 2.89. The van der Waals surface area contributed by atoms with Crippen LogP contribution in [0.15, 0.2) is 30.5 Å². The van der Waals surface area contributed by atoms with Crippen molar-refractivity contribution in [1.82, 2.24) is 24.6 Å². The summed E-state index contributed by atoms with van der Waals surface area (Å²) in [6.07, 6.45) is 5.80. The van der Waals surface area contributed by atoms with Crippen molar-refractivity contribution in [1.29, 1.82) is 0 Å². The van der Waals surface area contributed by atoms with Gasteiger partial charge in [-0.3, -0.25) is 9.48 Å². The summed E-state index contributed by atoms with van der Waals surface area (Å²) in [4.78, 5) is 23.4. The lowest BCUT2D eigenvalue weighted by Crippen LogP contribution is -2.39. The molecule has 26 heavy (non-hydrogen) atoms. The summed E-state index contributed by atoms with van der Waals surface area (Å²) in [5.41, 5.74) is 3.63. The number of para-hydroxylation sites is 2. The molecule has 1 amide bonds. The monoisotopic (exact) mass is 351 g/mol. The minimum Gasteiger partial charge on any atom is -0.340 e. The summed E-state index contributed by atoms with van der Waals surface area (Å²) in [6.45, 7) is 5.70. The minimum absolute atomic E-state index is 0.00225. The van der Waals surface area contributed by atoms with E-state index in [-0.39, 0.29) is 11.9 Å². The van der Waals surface area contributed by atoms with Crippen LogP contribution in [0.1, 0.15) is 60.5 Å². The van der Waals surface area contributed by atoms with Crippen LogP contribution < -0.4 is 0 Å². The van der Waals surface area contributed by atoms with Crippen LogP contribution in [-0.2, 0) is 6.54 Å². The second-order valence-corrected chi connectivity index (χ2v) is 7.02. The number of aromatic nitrogens is 4. The fourth-order valence-corrected chi connectivity index (χ4v) is 3.84. The van der Waals surface area contributed by atoms with Crippen LogP contribution in [0.2, 0.25) is 0 Å². The number of nitrogens with zero attached hydrogens (tertiary/aromatic N) is 4. The van der Waals surface area contributed by atoms with Crippen molar-refractivity contribution in [2.45, 2.75) is 52.1 Å². The summed E-state index contributed by atoms with van der Waals surface area (Å²) in [6, 6.07) is 8.02. The first-order chi connectivity index (χ1) is 12.7. The molecule has 0 unspecified atom stereocenters. The third-order valence-corrected chi connectivity index (χ3v) is 5.26. The van der Waals surface area contributed by atoms with Gasteiger partial charge >= 0.3 is 0 Å². The molecule has 2 aromatic heterocycles. The van der Waals surface area contributed by atoms with E-state index in [0.717, 1.165) is 61.3 Å². The lowest BCUT2D eigenvalue weighted by Gasteiger charge is -2.34. The first kappa shape index (κ1) is 16.8. The van der Waals surface area contributed by atoms with Crippen molar-refractivity contribution in [3.63, 3.8) is 0 Å². The maximum absolute atomic E-state index is 13.3. The number of amides is 1. The molecule has 1 aliphatic rings. The first-order valence-electron chi connectivity index (χ1n) is 9.47. The Morgan fingerprint density at radius 2 is 2.15 bits per heavy atom. The maximum Gasteiger partial charge on any atom is 0.257 e. The number of imidazole rings is 1. The molecule has 0 bridgehead atoms. The number of hydrogen-bond donors (Lipinski definition) is 1. The zero-order chi connectivity index (χ0) is 18.1. The molecule has 1 atom stereocenters. The summed E-state index contributed by atoms with van der Waals surface area (Å²) in [5, 5.41) is 4.40. The van der Waals surface area contributed by atoms with Crippen molar-refractivity contribution in [3.8, 4) is 0 Å². The first-order valence-corrected chi connectivity index (χ1v) is 9.47. The number of aromatic amines is 1. The number of carbonyl (C=O) groups excluding carboxylic acids is 1. The quantitative estimate of drug-likeness (QED) is 0.776. The van der Waals surface area contributed by atoms with E-state index < -0.39 is 0 Å². The zero-order valence-corrected chi connectivity index (χ0v) is 15.4. The molecule has 6 heteroatoms. The Balaban J connectivity index is 1.66. The van der Waals surface area contributed by atoms with Gasteiger partial charge in [0.1, 0.15) is 5.82 Å². The van der Waals surface area contributed by atoms with E-state index in [2.05, 4.69) is 17.0 Å². The molecule has 136 valence electrons. The van der Waals surface area contributed by atoms with E-state index >= 15 is 0 Å². The zero-order valence-electron chi connectivity index (χ0n) is 15.4. The van der Waals surface area contributed by atoms with Crippen molar-refractivity contribution >= 4 is 16.9 Å². The number of carbonyl (C=O) groups is 1. The number of piperidine rings is 1. The Bertz CT molecular complexity index is 892. The van der Waals surface area contributed by atoms with Crippen LogP contribution >= 0.6 is 0 Å². The van der Waals surface area contributed by atoms with Crippen LogP contribution in [0.3, 0.4) is 0 Å². The minimum atomic E-state index is -0.00225. The summed E-state index contributed by atoms with van der Waals surface area (Å²) in [7, 11) is 0. The number of hydrogen-bond acceptors (Lipinski definition) is 3. The number of benzene rings is 1. The van der Waals surface area contributed by atoms with Gasteiger partial charge in [0.05, 0.1) is 28.8 Å². The number of rotatable bonds is 4. The highest BCUT2D eigenvalue weighted by Crippen LogP contribution is 2.32. The second kappa shape index (κ2) is 6.94. The predicted octanol–water partition coefficient (Wildman–Crippen LogP) is 3.85. The summed E-state index contributed by atoms with van der Waals surface area (Å²) >= 11 is 0. The van der Waals surface area contributed by atoms with E-state index in [1.165, 1.54) is 0 Å². The van der Waals surface area contributed by atoms with Gasteiger partial charge in [-0.2, -0.15) is 5.10 Å². The normalized spacial score (nSPS) is 17.8. The highest BCUT2D eigenvalue weighted by Gasteiger charge is 2.32. The molecular weight excluding hydrogens is 326 g/mol. The van der Waals surface area contributed by atoms with Crippen molar-refractivity contribution in [2.24, 2.45) is 0 Å². The van der Waals surface area contributed by atoms with Gasteiger partial charge in [-0.15, -0.1) is 0 Å². The highest BCUT2D eigenvalue weighted by molar-refractivity contribution is 5.95. The smallest absolute Gasteiger partial charge is 0.257 e. The van der Waals surface area contributed by atoms with Crippen LogP contribution in [0.25, 0.3) is 11.0 Å². The summed E-state index contributed by atoms with van der Waals surface area (Å²) in [5.74, 6) is 0.952. The van der Waals surface area contributed by atoms with Crippen LogP contribution in [0.5, 0.6) is 0 Å². The molecule has 1 aliphatic heterocycles. The van der Waals surface area contributed by atoms with Crippen LogP contribution in [-0.4, -0.2) is 37.1 Å². The molecule has 6 nitrogen and oxygen atoms in total. The Morgan fingerprint density at radius 3 is 2.96 bits per heavy atom. The Hall–Kier alpha value is -2.63. The van der Waals surface area contributed by atoms with Crippen LogP contribution in [0.4, 0.5) is 0 Å². The van der Waals surface area contributed by atoms with Gasteiger partial charge in [-0.1, -0.05) is 19.1 Å². The van der Waals surface area contributed by atoms with E-state index in [4.69, 9.17) is 4.98 Å². The van der Waals surface area contributed by atoms with Crippen molar-refractivity contribution < 1.29 is 4.79 Å². The maximum atomic E-state index is 13.3. The molecule has 1 aromatic carbocycles. The lowest BCUT2D eigenvalue weighted by molar-refractivity contribution is 0.0600. The molecule has 4 rings (SSSR count). The number of likely N-dealkylation sites (tertiary alicyclic amines) is 1. The van der Waals surface area contributed by atoms with E-state index in [1.54, 1.807) is 6.20 Å². The SMILES string of the molecule is CCCn1ncc(C(=O)N2CCCC[C@H]2c2nc3ccccc3[nH]2)c1C. The third-order valence-electron chi connectivity index (χ3n) is 5.26. The van der Waals surface area contributed by atoms with Crippen LogP contribution in [0, 0.1) is 6.92 Å². The summed E-state index contributed by atoms with van der Waals surface area (Å²) < 4.78 is 1.92. The van der Waals surface area contributed by atoms with E-state index in [0.29, 0.717) is 5.56 Å². The molecule has 1 N–H and O–H groups in total. The molecule has 1 fully saturated rings. The molecule has 3 heterocycles. The van der Waals surface area contributed by atoms with Gasteiger partial charge < -0.3 is 9.88 Å². The Kier molecular flexibility index (Phi) is 4.49. The Morgan fingerprint density at radius 1 is 1.31 bits per heavy atom. The molecule has 0 saturated carbocycles. The van der Waals surface area contributed by atoms with Gasteiger partial charge in [0, 0.05) is 18.8 Å². The molecule has 3 aromatic rings. The van der Waals surface area contributed by atoms with Gasteiger partial charge in [0.15, 0.2) is 0 Å². The fraction of sp³-hybridized carbons (Fsp3) is 0.450. The van der Waals surface area contributed by atoms with Gasteiger partial charge in [-0.05, 0) is 44.7 Å². The average Bonchev–Trinajstić information content (AvgIpc) is 3.25. The van der Waals surface area contributed by atoms with Gasteiger partial charge in [-0.25, -0.2) is 4.98 Å². The van der Waals surface area contributed by atoms with E-state index in [1.807, 2.05) is 40.8 Å². The number of H-pyrrole nitrogens is 1. The predicted molar refractivity (Wildman–Crippen MR) is 101 cm³/mol. The lowest BCUT2D eigenvalue weighted by atomic mass is 10.0. The van der Waals surface area contributed by atoms with Gasteiger partial charge in [0.25, 0.3) is 5.91 Å². The molecular formula is C20H25N5O. The highest BCUT2D eigenvalue weighted by atomic mass is 16.2. The fourth-order valence-electron chi connectivity index (χ4n) is 3.84. The average molecular weight is 351 g/mol. The number of nitrogens with one attached hydrogen (secondary N) is 1. The molecule has 1 saturated heterocycles. The molecule has 0 spiro atoms. The number of aryl methyl sites for hydroxylation is 1. The molecule has 0 aliphatic carbocycles. The largest absolute Gasteiger partial charge is 0.340 e. The second-order valence-electron chi connectivity index (χ2n) is 7.02. The van der Waals surface area contributed by atoms with Gasteiger partial charge in [0.2, 0.25) is 0 Å². The Labute approximate surface area is 153 Å². The topological polar surface area (TPSA) is 66.8 Å². The number of fused-ring (bicyclic) bond motifs is 1. The molecule has 0 radical (unpaired) electrons. The van der Waals surface area contributed by atoms with Crippen molar-refractivity contribution in [3.05, 3.63) is 47.5 Å². The van der Waals surface area contributed by atoms with E-state index in [9.17, 15) is 4.79 Å². The standard InChI is InChI=1S/C20H25N5O/c1-3-11-25-14(2)15(13-21-25)20(26)24-12-7-6-10-18(24)19-22-16-8-4-5-9-17(16)23-19/h4-5,8-9,13,18H,3,6-7,10-12H2,1-2H3,(H,22,23)/t18-/m0/s1.